The van der Waals surface area contributed by atoms with E-state index in [-0.39, 0.29) is 30.6 Å². The summed E-state index contributed by atoms with van der Waals surface area (Å²) in [5, 5.41) is 2.71. The zero-order valence-corrected chi connectivity index (χ0v) is 21.1. The van der Waals surface area contributed by atoms with Gasteiger partial charge in [0, 0.05) is 7.11 Å². The Hall–Kier alpha value is -0.280. The second-order valence-corrected chi connectivity index (χ2v) is 7.13. The van der Waals surface area contributed by atoms with Crippen LogP contribution < -0.4 is 29.3 Å². The highest BCUT2D eigenvalue weighted by molar-refractivity contribution is 5.66. The Morgan fingerprint density at radius 2 is 1.03 bits per heavy atom. The predicted octanol–water partition coefficient (Wildman–Crippen LogP) is -2.85. The molecule has 0 aromatic carbocycles. The van der Waals surface area contributed by atoms with Crippen molar-refractivity contribution in [2.24, 2.45) is 0 Å². The van der Waals surface area contributed by atoms with Gasteiger partial charge in [0.2, 0.25) is 0 Å². The second-order valence-electron chi connectivity index (χ2n) is 7.13. The molecule has 0 aromatic heterocycles. The van der Waals surface area contributed by atoms with Crippen molar-refractivity contribution < 1.29 is 66.4 Å². The van der Waals surface area contributed by atoms with Crippen LogP contribution in [0.4, 0.5) is 4.79 Å². The van der Waals surface area contributed by atoms with E-state index in [1.807, 2.05) is 0 Å². The first-order valence-electron chi connectivity index (χ1n) is 10.0. The third-order valence-electron chi connectivity index (χ3n) is 3.43. The minimum absolute atomic E-state index is 0. The number of methoxy groups -OCH3 is 1. The number of carbonyl (C=O) groups excluding carboxylic acids is 1. The third kappa shape index (κ3) is 27.7. The molecule has 0 unspecified atom stereocenters. The smallest absolute Gasteiger partial charge is 0.407 e. The molecule has 0 aliphatic carbocycles. The fraction of sp³-hybridized carbons (Fsp3) is 0.947. The van der Waals surface area contributed by atoms with Crippen LogP contribution in [0.5, 0.6) is 0 Å². The standard InChI is InChI=1S/C19H40N2O8.HI/c1-21(2,3)6-5-20-19(22)29-18-17-28-16-15-27-14-13-26-12-11-25-10-9-24-8-7-23-4;/h5-18H2,1-4H3;1H. The van der Waals surface area contributed by atoms with Crippen molar-refractivity contribution in [1.82, 2.24) is 5.32 Å². The van der Waals surface area contributed by atoms with Gasteiger partial charge in [-0.05, 0) is 0 Å². The summed E-state index contributed by atoms with van der Waals surface area (Å²) < 4.78 is 37.4. The quantitative estimate of drug-likeness (QED) is 0.0925. The first-order chi connectivity index (χ1) is 14.0. The van der Waals surface area contributed by atoms with Crippen molar-refractivity contribution in [2.45, 2.75) is 0 Å². The normalized spacial score (nSPS) is 11.2. The van der Waals surface area contributed by atoms with Gasteiger partial charge >= 0.3 is 6.09 Å². The van der Waals surface area contributed by atoms with Gasteiger partial charge in [0.05, 0.1) is 107 Å². The number of nitrogens with one attached hydrogen (secondary N) is 1. The van der Waals surface area contributed by atoms with Gasteiger partial charge in [-0.15, -0.1) is 0 Å². The highest BCUT2D eigenvalue weighted by Gasteiger charge is 2.08. The molecule has 0 heterocycles. The van der Waals surface area contributed by atoms with E-state index in [2.05, 4.69) is 26.5 Å². The number of ether oxygens (including phenoxy) is 7. The summed E-state index contributed by atoms with van der Waals surface area (Å²) in [6.45, 7) is 7.21. The number of carbonyl (C=O) groups is 1. The zero-order valence-electron chi connectivity index (χ0n) is 19.0. The predicted molar refractivity (Wildman–Crippen MR) is 108 cm³/mol. The number of rotatable bonds is 21. The lowest BCUT2D eigenvalue weighted by molar-refractivity contribution is -0.869. The number of halogens is 1. The van der Waals surface area contributed by atoms with Crippen LogP contribution in [0.25, 0.3) is 0 Å². The summed E-state index contributed by atoms with van der Waals surface area (Å²) >= 11 is 0. The van der Waals surface area contributed by atoms with Crippen LogP contribution in [0, 0.1) is 0 Å². The number of alkyl carbamates (subject to hydrolysis) is 1. The Labute approximate surface area is 198 Å². The van der Waals surface area contributed by atoms with Crippen LogP contribution >= 0.6 is 0 Å². The molecular weight excluding hydrogens is 511 g/mol. The molecule has 0 aliphatic heterocycles. The van der Waals surface area contributed by atoms with E-state index in [9.17, 15) is 4.79 Å². The molecular formula is C19H41IN2O8. The van der Waals surface area contributed by atoms with E-state index < -0.39 is 6.09 Å². The van der Waals surface area contributed by atoms with Crippen LogP contribution in [-0.2, 0) is 33.2 Å². The highest BCUT2D eigenvalue weighted by Crippen LogP contribution is 1.88. The molecule has 0 aliphatic rings. The molecule has 0 saturated carbocycles. The summed E-state index contributed by atoms with van der Waals surface area (Å²) in [7, 11) is 7.83. The number of hydrogen-bond acceptors (Lipinski definition) is 8. The number of amides is 1. The Bertz CT molecular complexity index is 373. The lowest BCUT2D eigenvalue weighted by Crippen LogP contribution is -3.00. The second kappa shape index (κ2) is 23.4. The lowest BCUT2D eigenvalue weighted by Gasteiger charge is -2.23. The van der Waals surface area contributed by atoms with Crippen LogP contribution in [-0.4, -0.2) is 131 Å². The van der Waals surface area contributed by atoms with E-state index >= 15 is 0 Å². The van der Waals surface area contributed by atoms with Crippen LogP contribution in [0.3, 0.4) is 0 Å². The molecule has 0 rings (SSSR count). The van der Waals surface area contributed by atoms with Gasteiger partial charge < -0.3 is 66.9 Å². The Morgan fingerprint density at radius 1 is 0.667 bits per heavy atom. The summed E-state index contributed by atoms with van der Waals surface area (Å²) in [6.07, 6.45) is -0.418. The van der Waals surface area contributed by atoms with E-state index in [0.717, 1.165) is 11.0 Å². The average Bonchev–Trinajstić information content (AvgIpc) is 2.66. The molecule has 0 spiro atoms. The molecule has 0 aromatic rings. The molecule has 11 heteroatoms. The number of hydrogen-bond donors (Lipinski definition) is 1. The maximum Gasteiger partial charge on any atom is 0.407 e. The van der Waals surface area contributed by atoms with Gasteiger partial charge in [-0.1, -0.05) is 0 Å². The number of likely N-dealkylation sites (N-methyl/N-ethyl adjacent to an activating group) is 1. The topological polar surface area (TPSA) is 93.7 Å². The maximum atomic E-state index is 11.4. The molecule has 0 bridgehead atoms. The van der Waals surface area contributed by atoms with Gasteiger partial charge in [-0.2, -0.15) is 0 Å². The fourth-order valence-corrected chi connectivity index (χ4v) is 1.86. The van der Waals surface area contributed by atoms with E-state index in [4.69, 9.17) is 33.2 Å². The molecule has 182 valence electrons. The zero-order chi connectivity index (χ0) is 21.6. The van der Waals surface area contributed by atoms with Gasteiger partial charge in [0.25, 0.3) is 0 Å². The van der Waals surface area contributed by atoms with Crippen molar-refractivity contribution in [3.63, 3.8) is 0 Å². The van der Waals surface area contributed by atoms with Gasteiger partial charge in [-0.3, -0.25) is 0 Å². The molecule has 0 fully saturated rings. The van der Waals surface area contributed by atoms with Crippen molar-refractivity contribution in [1.29, 1.82) is 0 Å². The molecule has 30 heavy (non-hydrogen) atoms. The molecule has 0 saturated heterocycles. The lowest BCUT2D eigenvalue weighted by atomic mass is 10.5. The first kappa shape index (κ1) is 31.9. The fourth-order valence-electron chi connectivity index (χ4n) is 1.86. The van der Waals surface area contributed by atoms with Crippen LogP contribution in [0.15, 0.2) is 0 Å². The maximum absolute atomic E-state index is 11.4. The van der Waals surface area contributed by atoms with E-state index in [1.54, 1.807) is 7.11 Å². The molecule has 10 nitrogen and oxygen atoms in total. The largest absolute Gasteiger partial charge is 1.00 e. The van der Waals surface area contributed by atoms with Gasteiger partial charge in [0.15, 0.2) is 0 Å². The minimum atomic E-state index is -0.418. The van der Waals surface area contributed by atoms with Crippen molar-refractivity contribution in [2.75, 3.05) is 121 Å². The van der Waals surface area contributed by atoms with Crippen LogP contribution in [0.1, 0.15) is 0 Å². The van der Waals surface area contributed by atoms with Crippen molar-refractivity contribution in [3.8, 4) is 0 Å². The Morgan fingerprint density at radius 3 is 1.40 bits per heavy atom. The number of nitrogens with zero attached hydrogens (tertiary/aromatic N) is 1. The monoisotopic (exact) mass is 552 g/mol. The van der Waals surface area contributed by atoms with Crippen molar-refractivity contribution in [3.05, 3.63) is 0 Å². The molecule has 1 amide bonds. The SMILES string of the molecule is COCCOCCOCCOCCOCCOCCOC(=O)NCC[N+](C)(C)C.[I-]. The van der Waals surface area contributed by atoms with Crippen LogP contribution in [0.2, 0.25) is 0 Å². The van der Waals surface area contributed by atoms with Gasteiger partial charge in [0.1, 0.15) is 6.61 Å². The molecule has 0 atom stereocenters. The summed E-state index contributed by atoms with van der Waals surface area (Å²) in [5.41, 5.74) is 0. The highest BCUT2D eigenvalue weighted by atomic mass is 127. The van der Waals surface area contributed by atoms with E-state index in [0.29, 0.717) is 79.2 Å². The summed E-state index contributed by atoms with van der Waals surface area (Å²) in [6, 6.07) is 0. The van der Waals surface area contributed by atoms with Gasteiger partial charge in [-0.25, -0.2) is 4.79 Å². The number of quaternary nitrogens is 1. The van der Waals surface area contributed by atoms with Crippen molar-refractivity contribution >= 4 is 6.09 Å². The summed E-state index contributed by atoms with van der Waals surface area (Å²) in [5.74, 6) is 0. The Kier molecular flexibility index (Phi) is 24.9. The molecule has 1 N–H and O–H groups in total. The third-order valence-corrected chi connectivity index (χ3v) is 3.43. The van der Waals surface area contributed by atoms with E-state index in [1.165, 1.54) is 0 Å². The average molecular weight is 552 g/mol. The molecule has 0 radical (unpaired) electrons. The summed E-state index contributed by atoms with van der Waals surface area (Å²) in [4.78, 5) is 11.4. The first-order valence-corrected chi connectivity index (χ1v) is 10.0. The minimum Gasteiger partial charge on any atom is -1.00 e. The Balaban J connectivity index is 0.